The van der Waals surface area contributed by atoms with Crippen molar-refractivity contribution in [3.63, 3.8) is 0 Å². The van der Waals surface area contributed by atoms with Crippen LogP contribution in [0.15, 0.2) is 36.4 Å². The summed E-state index contributed by atoms with van der Waals surface area (Å²) < 4.78 is 10.3. The molecule has 0 aliphatic carbocycles. The van der Waals surface area contributed by atoms with Gasteiger partial charge in [-0.2, -0.15) is 0 Å². The van der Waals surface area contributed by atoms with E-state index in [0.29, 0.717) is 18.0 Å². The van der Waals surface area contributed by atoms with Gasteiger partial charge in [0.05, 0.1) is 12.1 Å². The normalized spacial score (nSPS) is 14.1. The highest BCUT2D eigenvalue weighted by atomic mass is 16.5. The number of nitrogens with zero attached hydrogens (tertiary/aromatic N) is 1. The number of carbonyl (C=O) groups excluding carboxylic acids is 2. The Morgan fingerprint density at radius 1 is 1.45 bits per heavy atom. The maximum absolute atomic E-state index is 11.9. The summed E-state index contributed by atoms with van der Waals surface area (Å²) in [4.78, 5) is 25.0. The summed E-state index contributed by atoms with van der Waals surface area (Å²) in [6.07, 6.45) is 3.74. The van der Waals surface area contributed by atoms with E-state index in [2.05, 4.69) is 0 Å². The molecule has 106 valence electrons. The van der Waals surface area contributed by atoms with Crippen molar-refractivity contribution in [2.75, 3.05) is 24.7 Å². The molecular formula is C15H17NO4. The minimum absolute atomic E-state index is 0.00460. The quantitative estimate of drug-likeness (QED) is 0.608. The molecule has 0 aromatic heterocycles. The predicted molar refractivity (Wildman–Crippen MR) is 74.7 cm³/mol. The molecule has 0 N–H and O–H groups in total. The van der Waals surface area contributed by atoms with Gasteiger partial charge in [-0.3, -0.25) is 9.59 Å². The van der Waals surface area contributed by atoms with E-state index >= 15 is 0 Å². The van der Waals surface area contributed by atoms with Gasteiger partial charge < -0.3 is 14.4 Å². The van der Waals surface area contributed by atoms with Gasteiger partial charge in [-0.15, -0.1) is 0 Å². The molecule has 1 aliphatic rings. The fourth-order valence-corrected chi connectivity index (χ4v) is 1.91. The minimum Gasteiger partial charge on any atom is -0.482 e. The SMILES string of the molecule is C/C=C/COC(=O)CCN1C(=O)COc2ccccc21. The van der Waals surface area contributed by atoms with Gasteiger partial charge in [-0.1, -0.05) is 24.3 Å². The largest absolute Gasteiger partial charge is 0.482 e. The molecule has 5 nitrogen and oxygen atoms in total. The molecule has 0 bridgehead atoms. The van der Waals surface area contributed by atoms with Crippen molar-refractivity contribution in [1.82, 2.24) is 0 Å². The van der Waals surface area contributed by atoms with Crippen LogP contribution >= 0.6 is 0 Å². The van der Waals surface area contributed by atoms with Gasteiger partial charge in [0, 0.05) is 6.54 Å². The Kier molecular flexibility index (Phi) is 4.76. The monoisotopic (exact) mass is 275 g/mol. The van der Waals surface area contributed by atoms with Crippen LogP contribution in [0.25, 0.3) is 0 Å². The second-order valence-corrected chi connectivity index (χ2v) is 4.30. The van der Waals surface area contributed by atoms with E-state index in [1.54, 1.807) is 23.1 Å². The van der Waals surface area contributed by atoms with Crippen LogP contribution in [0.5, 0.6) is 5.75 Å². The van der Waals surface area contributed by atoms with Crippen molar-refractivity contribution in [2.24, 2.45) is 0 Å². The number of rotatable bonds is 5. The third-order valence-electron chi connectivity index (χ3n) is 2.92. The summed E-state index contributed by atoms with van der Waals surface area (Å²) in [5.74, 6) is 0.194. The molecule has 0 atom stereocenters. The highest BCUT2D eigenvalue weighted by molar-refractivity contribution is 5.98. The lowest BCUT2D eigenvalue weighted by molar-refractivity contribution is -0.142. The average molecular weight is 275 g/mol. The third kappa shape index (κ3) is 3.38. The molecule has 1 aromatic rings. The Morgan fingerprint density at radius 3 is 3.05 bits per heavy atom. The predicted octanol–water partition coefficient (Wildman–Crippen LogP) is 1.92. The van der Waals surface area contributed by atoms with E-state index in [0.717, 1.165) is 0 Å². The number of benzene rings is 1. The summed E-state index contributed by atoms with van der Waals surface area (Å²) in [7, 11) is 0. The van der Waals surface area contributed by atoms with Crippen molar-refractivity contribution in [3.8, 4) is 5.75 Å². The highest BCUT2D eigenvalue weighted by Crippen LogP contribution is 2.31. The van der Waals surface area contributed by atoms with Gasteiger partial charge in [0.15, 0.2) is 6.61 Å². The van der Waals surface area contributed by atoms with Crippen molar-refractivity contribution >= 4 is 17.6 Å². The van der Waals surface area contributed by atoms with Crippen molar-refractivity contribution in [2.45, 2.75) is 13.3 Å². The first-order valence-corrected chi connectivity index (χ1v) is 6.51. The molecule has 0 saturated carbocycles. The molecule has 0 fully saturated rings. The minimum atomic E-state index is -0.320. The van der Waals surface area contributed by atoms with E-state index in [9.17, 15) is 9.59 Å². The van der Waals surface area contributed by atoms with Gasteiger partial charge >= 0.3 is 5.97 Å². The number of amides is 1. The van der Waals surface area contributed by atoms with E-state index in [1.807, 2.05) is 25.1 Å². The van der Waals surface area contributed by atoms with E-state index < -0.39 is 0 Å². The zero-order chi connectivity index (χ0) is 14.4. The lowest BCUT2D eigenvalue weighted by Gasteiger charge is -2.28. The standard InChI is InChI=1S/C15H17NO4/c1-2-3-10-19-15(18)8-9-16-12-6-4-5-7-13(12)20-11-14(16)17/h2-7H,8-11H2,1H3/b3-2+. The summed E-state index contributed by atoms with van der Waals surface area (Å²) in [6, 6.07) is 7.28. The molecule has 0 saturated heterocycles. The Bertz CT molecular complexity index is 524. The van der Waals surface area contributed by atoms with Crippen LogP contribution < -0.4 is 9.64 Å². The van der Waals surface area contributed by atoms with Gasteiger partial charge in [0.1, 0.15) is 12.4 Å². The molecule has 0 unspecified atom stereocenters. The molecule has 5 heteroatoms. The number of fused-ring (bicyclic) bond motifs is 1. The molecule has 0 radical (unpaired) electrons. The second-order valence-electron chi connectivity index (χ2n) is 4.30. The van der Waals surface area contributed by atoms with Crippen LogP contribution in [0, 0.1) is 0 Å². The lowest BCUT2D eigenvalue weighted by atomic mass is 10.2. The summed E-state index contributed by atoms with van der Waals surface area (Å²) >= 11 is 0. The zero-order valence-electron chi connectivity index (χ0n) is 11.4. The van der Waals surface area contributed by atoms with Crippen LogP contribution in [-0.4, -0.2) is 31.6 Å². The fraction of sp³-hybridized carbons (Fsp3) is 0.333. The first kappa shape index (κ1) is 14.1. The highest BCUT2D eigenvalue weighted by Gasteiger charge is 2.25. The van der Waals surface area contributed by atoms with Crippen LogP contribution in [0.4, 0.5) is 5.69 Å². The fourth-order valence-electron chi connectivity index (χ4n) is 1.91. The maximum atomic E-state index is 11.9. The number of carbonyl (C=O) groups is 2. The Balaban J connectivity index is 1.95. The second kappa shape index (κ2) is 6.75. The number of anilines is 1. The summed E-state index contributed by atoms with van der Waals surface area (Å²) in [6.45, 7) is 2.43. The van der Waals surface area contributed by atoms with Gasteiger partial charge in [0.25, 0.3) is 5.91 Å². The maximum Gasteiger partial charge on any atom is 0.307 e. The van der Waals surface area contributed by atoms with Crippen molar-refractivity contribution < 1.29 is 19.1 Å². The number of ether oxygens (including phenoxy) is 2. The van der Waals surface area contributed by atoms with Crippen LogP contribution in [-0.2, 0) is 14.3 Å². The lowest BCUT2D eigenvalue weighted by Crippen LogP contribution is -2.40. The average Bonchev–Trinajstić information content (AvgIpc) is 2.46. The van der Waals surface area contributed by atoms with Crippen LogP contribution in [0.3, 0.4) is 0 Å². The number of hydrogen-bond donors (Lipinski definition) is 0. The Hall–Kier alpha value is -2.30. The van der Waals surface area contributed by atoms with Gasteiger partial charge in [-0.25, -0.2) is 0 Å². The van der Waals surface area contributed by atoms with Crippen LogP contribution in [0.1, 0.15) is 13.3 Å². The molecule has 0 spiro atoms. The number of esters is 1. The number of allylic oxidation sites excluding steroid dienone is 1. The summed E-state index contributed by atoms with van der Waals surface area (Å²) in [5, 5.41) is 0. The smallest absolute Gasteiger partial charge is 0.307 e. The molecule has 1 aliphatic heterocycles. The van der Waals surface area contributed by atoms with Crippen molar-refractivity contribution in [1.29, 1.82) is 0 Å². The molecule has 1 amide bonds. The third-order valence-corrected chi connectivity index (χ3v) is 2.92. The van der Waals surface area contributed by atoms with E-state index in [1.165, 1.54) is 0 Å². The molecular weight excluding hydrogens is 258 g/mol. The van der Waals surface area contributed by atoms with Crippen molar-refractivity contribution in [3.05, 3.63) is 36.4 Å². The number of para-hydroxylation sites is 2. The molecule has 1 aromatic carbocycles. The van der Waals surface area contributed by atoms with Gasteiger partial charge in [-0.05, 0) is 19.1 Å². The zero-order valence-corrected chi connectivity index (χ0v) is 11.4. The molecule has 20 heavy (non-hydrogen) atoms. The molecule has 2 rings (SSSR count). The number of hydrogen-bond acceptors (Lipinski definition) is 4. The van der Waals surface area contributed by atoms with E-state index in [4.69, 9.17) is 9.47 Å². The summed E-state index contributed by atoms with van der Waals surface area (Å²) in [5.41, 5.74) is 0.699. The Labute approximate surface area is 117 Å². The molecule has 1 heterocycles. The first-order chi connectivity index (χ1) is 9.72. The first-order valence-electron chi connectivity index (χ1n) is 6.51. The van der Waals surface area contributed by atoms with Crippen LogP contribution in [0.2, 0.25) is 0 Å². The Morgan fingerprint density at radius 2 is 2.25 bits per heavy atom. The van der Waals surface area contributed by atoms with Gasteiger partial charge in [0.2, 0.25) is 0 Å². The topological polar surface area (TPSA) is 55.8 Å². The van der Waals surface area contributed by atoms with E-state index in [-0.39, 0.29) is 31.5 Å².